The first-order valence-electron chi connectivity index (χ1n) is 7.55. The lowest BCUT2D eigenvalue weighted by atomic mass is 9.85. The van der Waals surface area contributed by atoms with Crippen LogP contribution < -0.4 is 4.90 Å². The Morgan fingerprint density at radius 1 is 1.27 bits per heavy atom. The number of carbonyl (C=O) groups excluding carboxylic acids is 1. The highest BCUT2D eigenvalue weighted by atomic mass is 16.2. The van der Waals surface area contributed by atoms with E-state index in [1.165, 1.54) is 5.69 Å². The molecule has 2 aromatic heterocycles. The molecule has 1 saturated heterocycles. The fourth-order valence-corrected chi connectivity index (χ4v) is 3.79. The molecule has 22 heavy (non-hydrogen) atoms. The minimum absolute atomic E-state index is 0.0181. The normalized spacial score (nSPS) is 23.4. The molecule has 6 nitrogen and oxygen atoms in total. The Kier molecular flexibility index (Phi) is 2.76. The lowest BCUT2D eigenvalue weighted by molar-refractivity contribution is 0.0777. The first-order chi connectivity index (χ1) is 10.6. The van der Waals surface area contributed by atoms with Gasteiger partial charge in [-0.05, 0) is 24.6 Å². The van der Waals surface area contributed by atoms with Crippen molar-refractivity contribution in [1.82, 2.24) is 19.7 Å². The van der Waals surface area contributed by atoms with Crippen LogP contribution in [0.25, 0.3) is 0 Å². The number of rotatable bonds is 1. The summed E-state index contributed by atoms with van der Waals surface area (Å²) in [5, 5.41) is 4.23. The Morgan fingerprint density at radius 3 is 2.91 bits per heavy atom. The highest BCUT2D eigenvalue weighted by molar-refractivity contribution is 5.92. The smallest absolute Gasteiger partial charge is 0.274 e. The van der Waals surface area contributed by atoms with Crippen molar-refractivity contribution in [2.24, 2.45) is 7.05 Å². The van der Waals surface area contributed by atoms with Crippen molar-refractivity contribution in [2.45, 2.75) is 11.8 Å². The SMILES string of the molecule is CN1C[C@@]2(CCN(C(=O)c3ccn(C)n3)C2)c2ncccc21. The summed E-state index contributed by atoms with van der Waals surface area (Å²) in [6.45, 7) is 2.40. The van der Waals surface area contributed by atoms with E-state index in [0.717, 1.165) is 31.7 Å². The number of hydrogen-bond donors (Lipinski definition) is 0. The number of anilines is 1. The molecular weight excluding hydrogens is 278 g/mol. The standard InChI is InChI=1S/C16H19N5O/c1-19-10-16(14-13(19)4-3-7-17-14)6-9-21(11-16)15(22)12-5-8-20(2)18-12/h3-5,7-8H,6,9-11H2,1-2H3/t16-/m1/s1. The number of carbonyl (C=O) groups is 1. The molecule has 4 heterocycles. The van der Waals surface area contributed by atoms with Crippen LogP contribution in [0.1, 0.15) is 22.6 Å². The summed E-state index contributed by atoms with van der Waals surface area (Å²) in [6.07, 6.45) is 4.61. The number of likely N-dealkylation sites (N-methyl/N-ethyl adjacent to an activating group) is 1. The van der Waals surface area contributed by atoms with Crippen molar-refractivity contribution in [2.75, 3.05) is 31.6 Å². The van der Waals surface area contributed by atoms with E-state index in [1.807, 2.05) is 24.2 Å². The summed E-state index contributed by atoms with van der Waals surface area (Å²) in [4.78, 5) is 21.4. The van der Waals surface area contributed by atoms with E-state index in [4.69, 9.17) is 0 Å². The Bertz CT molecular complexity index is 740. The summed E-state index contributed by atoms with van der Waals surface area (Å²) in [5.74, 6) is 0.0181. The first-order valence-corrected chi connectivity index (χ1v) is 7.55. The van der Waals surface area contributed by atoms with Gasteiger partial charge < -0.3 is 9.80 Å². The van der Waals surface area contributed by atoms with Gasteiger partial charge in [-0.2, -0.15) is 5.10 Å². The predicted molar refractivity (Wildman–Crippen MR) is 82.9 cm³/mol. The molecule has 4 rings (SSSR count). The molecule has 1 amide bonds. The van der Waals surface area contributed by atoms with Gasteiger partial charge in [0.05, 0.1) is 16.8 Å². The van der Waals surface area contributed by atoms with Gasteiger partial charge in [0, 0.05) is 46.1 Å². The maximum Gasteiger partial charge on any atom is 0.274 e. The van der Waals surface area contributed by atoms with Crippen LogP contribution in [-0.4, -0.2) is 52.3 Å². The molecule has 0 saturated carbocycles. The molecule has 2 aliphatic heterocycles. The van der Waals surface area contributed by atoms with Crippen LogP contribution in [0.15, 0.2) is 30.6 Å². The van der Waals surface area contributed by atoms with Gasteiger partial charge in [0.15, 0.2) is 0 Å². The lowest BCUT2D eigenvalue weighted by Gasteiger charge is -2.24. The Hall–Kier alpha value is -2.37. The summed E-state index contributed by atoms with van der Waals surface area (Å²) in [6, 6.07) is 5.86. The van der Waals surface area contributed by atoms with Gasteiger partial charge in [-0.3, -0.25) is 14.5 Å². The average Bonchev–Trinajstić information content (AvgIpc) is 3.20. The van der Waals surface area contributed by atoms with Gasteiger partial charge in [0.25, 0.3) is 5.91 Å². The van der Waals surface area contributed by atoms with Gasteiger partial charge >= 0.3 is 0 Å². The highest BCUT2D eigenvalue weighted by Crippen LogP contribution is 2.44. The van der Waals surface area contributed by atoms with Gasteiger partial charge in [-0.1, -0.05) is 0 Å². The maximum atomic E-state index is 12.6. The second kappa shape index (κ2) is 4.56. The maximum absolute atomic E-state index is 12.6. The molecule has 1 atom stereocenters. The third-order valence-corrected chi connectivity index (χ3v) is 4.81. The van der Waals surface area contributed by atoms with Gasteiger partial charge in [0.2, 0.25) is 0 Å². The lowest BCUT2D eigenvalue weighted by Crippen LogP contribution is -2.37. The van der Waals surface area contributed by atoms with Crippen LogP contribution in [0.2, 0.25) is 0 Å². The quantitative estimate of drug-likeness (QED) is 0.789. The van der Waals surface area contributed by atoms with Crippen LogP contribution >= 0.6 is 0 Å². The number of fused-ring (bicyclic) bond motifs is 2. The monoisotopic (exact) mass is 297 g/mol. The van der Waals surface area contributed by atoms with E-state index in [-0.39, 0.29) is 11.3 Å². The molecule has 2 aliphatic rings. The van der Waals surface area contributed by atoms with Crippen LogP contribution in [0.5, 0.6) is 0 Å². The molecule has 0 aliphatic carbocycles. The Morgan fingerprint density at radius 2 is 2.14 bits per heavy atom. The van der Waals surface area contributed by atoms with Crippen molar-refractivity contribution < 1.29 is 4.79 Å². The van der Waals surface area contributed by atoms with Crippen LogP contribution in [0, 0.1) is 0 Å². The fraction of sp³-hybridized carbons (Fsp3) is 0.438. The van der Waals surface area contributed by atoms with Gasteiger partial charge in [0.1, 0.15) is 5.69 Å². The molecule has 0 N–H and O–H groups in total. The highest BCUT2D eigenvalue weighted by Gasteiger charge is 2.48. The van der Waals surface area contributed by atoms with E-state index in [0.29, 0.717) is 5.69 Å². The van der Waals surface area contributed by atoms with E-state index in [9.17, 15) is 4.79 Å². The van der Waals surface area contributed by atoms with Crippen molar-refractivity contribution in [3.8, 4) is 0 Å². The van der Waals surface area contributed by atoms with E-state index < -0.39 is 0 Å². The minimum Gasteiger partial charge on any atom is -0.372 e. The van der Waals surface area contributed by atoms with Gasteiger partial charge in [-0.15, -0.1) is 0 Å². The predicted octanol–water partition coefficient (Wildman–Crippen LogP) is 1.05. The molecule has 114 valence electrons. The summed E-state index contributed by atoms with van der Waals surface area (Å²) < 4.78 is 1.67. The van der Waals surface area contributed by atoms with E-state index in [2.05, 4.69) is 28.1 Å². The number of likely N-dealkylation sites (tertiary alicyclic amines) is 1. The third kappa shape index (κ3) is 1.83. The molecule has 0 unspecified atom stereocenters. The van der Waals surface area contributed by atoms with Crippen molar-refractivity contribution in [3.63, 3.8) is 0 Å². The number of hydrogen-bond acceptors (Lipinski definition) is 4. The number of nitrogens with zero attached hydrogens (tertiary/aromatic N) is 5. The molecule has 6 heteroatoms. The molecule has 0 aromatic carbocycles. The van der Waals surface area contributed by atoms with Crippen molar-refractivity contribution in [3.05, 3.63) is 42.0 Å². The minimum atomic E-state index is -0.0320. The Labute approximate surface area is 129 Å². The third-order valence-electron chi connectivity index (χ3n) is 4.81. The molecule has 0 radical (unpaired) electrons. The van der Waals surface area contributed by atoms with Gasteiger partial charge in [-0.25, -0.2) is 0 Å². The van der Waals surface area contributed by atoms with Crippen LogP contribution in [-0.2, 0) is 12.5 Å². The summed E-state index contributed by atoms with van der Waals surface area (Å²) in [7, 11) is 3.92. The average molecular weight is 297 g/mol. The number of aryl methyl sites for hydroxylation is 1. The zero-order chi connectivity index (χ0) is 15.3. The number of amides is 1. The van der Waals surface area contributed by atoms with Crippen LogP contribution in [0.4, 0.5) is 5.69 Å². The van der Waals surface area contributed by atoms with Crippen molar-refractivity contribution in [1.29, 1.82) is 0 Å². The van der Waals surface area contributed by atoms with E-state index >= 15 is 0 Å². The van der Waals surface area contributed by atoms with E-state index in [1.54, 1.807) is 16.9 Å². The second-order valence-electron chi connectivity index (χ2n) is 6.36. The molecule has 1 spiro atoms. The zero-order valence-electron chi connectivity index (χ0n) is 12.9. The molecule has 2 aromatic rings. The fourth-order valence-electron chi connectivity index (χ4n) is 3.79. The summed E-state index contributed by atoms with van der Waals surface area (Å²) >= 11 is 0. The Balaban J connectivity index is 1.62. The summed E-state index contributed by atoms with van der Waals surface area (Å²) in [5.41, 5.74) is 2.81. The second-order valence-corrected chi connectivity index (χ2v) is 6.36. The van der Waals surface area contributed by atoms with Crippen molar-refractivity contribution >= 4 is 11.6 Å². The largest absolute Gasteiger partial charge is 0.372 e. The molecular formula is C16H19N5O. The first kappa shape index (κ1) is 13.3. The number of aromatic nitrogens is 3. The zero-order valence-corrected chi connectivity index (χ0v) is 12.9. The molecule has 0 bridgehead atoms. The topological polar surface area (TPSA) is 54.3 Å². The molecule has 1 fully saturated rings. The van der Waals surface area contributed by atoms with Crippen LogP contribution in [0.3, 0.4) is 0 Å². The number of pyridine rings is 1.